The van der Waals surface area contributed by atoms with Crippen LogP contribution in [-0.4, -0.2) is 72.8 Å². The number of aromatic nitrogens is 2. The number of nitrogens with one attached hydrogen (secondary N) is 2. The molecule has 2 N–H and O–H groups in total. The number of methoxy groups -OCH3 is 1. The normalized spacial score (nSPS) is 19.7. The quantitative estimate of drug-likeness (QED) is 0.569. The summed E-state index contributed by atoms with van der Waals surface area (Å²) in [6, 6.07) is 4.44. The van der Waals surface area contributed by atoms with Crippen LogP contribution in [0.2, 0.25) is 0 Å². The van der Waals surface area contributed by atoms with Gasteiger partial charge in [-0.05, 0) is 86.0 Å². The predicted molar refractivity (Wildman–Crippen MR) is 150 cm³/mol. The summed E-state index contributed by atoms with van der Waals surface area (Å²) in [6.07, 6.45) is 6.50. The largest absolute Gasteiger partial charge is 0.495 e. The second-order valence-electron chi connectivity index (χ2n) is 12.0. The maximum atomic E-state index is 5.77. The van der Waals surface area contributed by atoms with Gasteiger partial charge >= 0.3 is 0 Å². The second kappa shape index (κ2) is 10.8. The van der Waals surface area contributed by atoms with E-state index < -0.39 is 0 Å². The van der Waals surface area contributed by atoms with Crippen LogP contribution in [0.5, 0.6) is 5.75 Å². The topological polar surface area (TPSA) is 65.5 Å². The Morgan fingerprint density at radius 3 is 2.42 bits per heavy atom. The summed E-state index contributed by atoms with van der Waals surface area (Å²) in [5, 5.41) is 8.61. The van der Waals surface area contributed by atoms with Gasteiger partial charge in [0.1, 0.15) is 11.6 Å². The Morgan fingerprint density at radius 1 is 1.08 bits per heavy atom. The molecule has 0 amide bonds. The molecule has 1 aromatic carbocycles. The van der Waals surface area contributed by atoms with Gasteiger partial charge in [-0.1, -0.05) is 11.8 Å². The summed E-state index contributed by atoms with van der Waals surface area (Å²) in [5.74, 6) is 9.10. The van der Waals surface area contributed by atoms with Crippen LogP contribution >= 0.6 is 0 Å². The number of nitrogens with zero attached hydrogens (tertiary/aromatic N) is 4. The molecule has 0 bridgehead atoms. The lowest BCUT2D eigenvalue weighted by Gasteiger charge is -2.46. The fraction of sp³-hybridized carbons (Fsp3) is 0.655. The first-order valence-electron chi connectivity index (χ1n) is 13.4. The number of ether oxygens (including phenoxy) is 1. The third-order valence-electron chi connectivity index (χ3n) is 7.08. The molecule has 0 atom stereocenters. The zero-order chi connectivity index (χ0) is 25.9. The Bertz CT molecular complexity index is 1110. The number of rotatable bonds is 6. The number of hydrogen-bond acceptors (Lipinski definition) is 7. The number of anilines is 2. The Labute approximate surface area is 217 Å². The first kappa shape index (κ1) is 26.5. The molecule has 36 heavy (non-hydrogen) atoms. The summed E-state index contributed by atoms with van der Waals surface area (Å²) in [6.45, 7) is 12.1. The molecule has 2 aliphatic rings. The van der Waals surface area contributed by atoms with Gasteiger partial charge in [0.15, 0.2) is 0 Å². The van der Waals surface area contributed by atoms with E-state index in [1.54, 1.807) is 7.11 Å². The number of piperidine rings is 2. The Balaban J connectivity index is 1.75. The van der Waals surface area contributed by atoms with Crippen molar-refractivity contribution in [2.45, 2.75) is 83.3 Å². The van der Waals surface area contributed by atoms with Crippen molar-refractivity contribution in [2.24, 2.45) is 0 Å². The van der Waals surface area contributed by atoms with Crippen LogP contribution in [0.3, 0.4) is 0 Å². The third kappa shape index (κ3) is 6.60. The summed E-state index contributed by atoms with van der Waals surface area (Å²) in [4.78, 5) is 14.6. The van der Waals surface area contributed by atoms with E-state index in [0.717, 1.165) is 72.9 Å². The lowest BCUT2D eigenvalue weighted by molar-refractivity contribution is 0.170. The van der Waals surface area contributed by atoms with Gasteiger partial charge in [-0.3, -0.25) is 0 Å². The van der Waals surface area contributed by atoms with Crippen molar-refractivity contribution in [3.05, 3.63) is 17.7 Å². The van der Waals surface area contributed by atoms with Crippen molar-refractivity contribution < 1.29 is 4.74 Å². The molecule has 7 heteroatoms. The van der Waals surface area contributed by atoms with E-state index in [2.05, 4.69) is 86.2 Å². The van der Waals surface area contributed by atoms with Crippen LogP contribution in [0, 0.1) is 11.8 Å². The molecule has 2 fully saturated rings. The molecular weight excluding hydrogens is 448 g/mol. The van der Waals surface area contributed by atoms with E-state index in [0.29, 0.717) is 6.04 Å². The van der Waals surface area contributed by atoms with Crippen LogP contribution in [-0.2, 0) is 0 Å². The Morgan fingerprint density at radius 2 is 1.78 bits per heavy atom. The fourth-order valence-electron chi connectivity index (χ4n) is 5.81. The molecule has 2 saturated heterocycles. The van der Waals surface area contributed by atoms with Crippen molar-refractivity contribution >= 4 is 22.7 Å². The van der Waals surface area contributed by atoms with E-state index >= 15 is 0 Å². The van der Waals surface area contributed by atoms with Gasteiger partial charge < -0.3 is 25.2 Å². The minimum Gasteiger partial charge on any atom is -0.495 e. The molecule has 1 aromatic heterocycles. The summed E-state index contributed by atoms with van der Waals surface area (Å²) < 4.78 is 5.77. The van der Waals surface area contributed by atoms with Gasteiger partial charge in [0.05, 0.1) is 18.2 Å². The van der Waals surface area contributed by atoms with Gasteiger partial charge in [-0.25, -0.2) is 4.98 Å². The van der Waals surface area contributed by atoms with Gasteiger partial charge in [-0.2, -0.15) is 4.98 Å². The van der Waals surface area contributed by atoms with E-state index in [4.69, 9.17) is 14.7 Å². The monoisotopic (exact) mass is 492 g/mol. The number of hydrogen-bond donors (Lipinski definition) is 2. The number of benzene rings is 1. The SMILES string of the molecule is COc1cc2c(NC3CC(C)(C)NC(C)(C)C3)nc(N3CCCCC3)nc2cc1C#CCCN(C)C. The zero-order valence-corrected chi connectivity index (χ0v) is 23.3. The zero-order valence-electron chi connectivity index (χ0n) is 23.3. The average molecular weight is 493 g/mol. The summed E-state index contributed by atoms with van der Waals surface area (Å²) in [5.41, 5.74) is 1.89. The van der Waals surface area contributed by atoms with Crippen LogP contribution in [0.1, 0.15) is 71.8 Å². The highest BCUT2D eigenvalue weighted by Crippen LogP contribution is 2.35. The predicted octanol–water partition coefficient (Wildman–Crippen LogP) is 4.65. The van der Waals surface area contributed by atoms with E-state index in [-0.39, 0.29) is 11.1 Å². The smallest absolute Gasteiger partial charge is 0.227 e. The van der Waals surface area contributed by atoms with E-state index in [9.17, 15) is 0 Å². The van der Waals surface area contributed by atoms with Crippen molar-refractivity contribution in [3.63, 3.8) is 0 Å². The van der Waals surface area contributed by atoms with Gasteiger partial charge in [0.25, 0.3) is 0 Å². The molecule has 0 saturated carbocycles. The highest BCUT2D eigenvalue weighted by Gasteiger charge is 2.38. The maximum absolute atomic E-state index is 5.77. The first-order chi connectivity index (χ1) is 17.0. The maximum Gasteiger partial charge on any atom is 0.227 e. The van der Waals surface area contributed by atoms with Gasteiger partial charge in [0.2, 0.25) is 5.95 Å². The average Bonchev–Trinajstić information content (AvgIpc) is 2.79. The summed E-state index contributed by atoms with van der Waals surface area (Å²) >= 11 is 0. The van der Waals surface area contributed by atoms with Crippen LogP contribution in [0.15, 0.2) is 12.1 Å². The molecule has 0 unspecified atom stereocenters. The minimum atomic E-state index is 0.0466. The molecular formula is C29H44N6O. The van der Waals surface area contributed by atoms with Crippen molar-refractivity contribution in [1.29, 1.82) is 0 Å². The highest BCUT2D eigenvalue weighted by molar-refractivity contribution is 5.93. The minimum absolute atomic E-state index is 0.0466. The van der Waals surface area contributed by atoms with Crippen LogP contribution in [0.25, 0.3) is 10.9 Å². The third-order valence-corrected chi connectivity index (χ3v) is 7.08. The fourth-order valence-corrected chi connectivity index (χ4v) is 5.81. The molecule has 0 radical (unpaired) electrons. The molecule has 196 valence electrons. The second-order valence-corrected chi connectivity index (χ2v) is 12.0. The van der Waals surface area contributed by atoms with E-state index in [1.807, 2.05) is 0 Å². The van der Waals surface area contributed by atoms with Crippen LogP contribution < -0.4 is 20.3 Å². The Hall–Kier alpha value is -2.56. The lowest BCUT2D eigenvalue weighted by atomic mass is 9.79. The molecule has 0 spiro atoms. The molecule has 4 rings (SSSR count). The molecule has 2 aromatic rings. The lowest BCUT2D eigenvalue weighted by Crippen LogP contribution is -2.60. The van der Waals surface area contributed by atoms with Gasteiger partial charge in [-0.15, -0.1) is 0 Å². The van der Waals surface area contributed by atoms with Crippen molar-refractivity contribution in [1.82, 2.24) is 20.2 Å². The molecule has 2 aliphatic heterocycles. The standard InChI is InChI=1S/C29H44N6O/c1-28(2)19-22(20-29(3,4)33-28)30-26-23-18-25(36-7)21(13-9-12-14-34(5)6)17-24(23)31-27(32-26)35-15-10-8-11-16-35/h17-18,22,33H,8,10-12,14-16,19-20H2,1-7H3,(H,30,31,32). The van der Waals surface area contributed by atoms with Gasteiger partial charge in [0, 0.05) is 48.6 Å². The van der Waals surface area contributed by atoms with E-state index in [1.165, 1.54) is 19.3 Å². The Kier molecular flexibility index (Phi) is 7.96. The number of fused-ring (bicyclic) bond motifs is 1. The van der Waals surface area contributed by atoms with Crippen LogP contribution in [0.4, 0.5) is 11.8 Å². The molecule has 3 heterocycles. The highest BCUT2D eigenvalue weighted by atomic mass is 16.5. The first-order valence-corrected chi connectivity index (χ1v) is 13.4. The van der Waals surface area contributed by atoms with Crippen molar-refractivity contribution in [3.8, 4) is 17.6 Å². The van der Waals surface area contributed by atoms with Crippen molar-refractivity contribution in [2.75, 3.05) is 51.1 Å². The summed E-state index contributed by atoms with van der Waals surface area (Å²) in [7, 11) is 5.84. The molecule has 7 nitrogen and oxygen atoms in total. The molecule has 0 aliphatic carbocycles.